The molecule has 25 heavy (non-hydrogen) atoms. The van der Waals surface area contributed by atoms with Gasteiger partial charge in [-0.05, 0) is 43.7 Å². The van der Waals surface area contributed by atoms with Crippen LogP contribution in [0, 0.1) is 0 Å². The molecule has 0 amide bonds. The van der Waals surface area contributed by atoms with E-state index in [1.54, 1.807) is 12.1 Å². The number of nitrogens with one attached hydrogen (secondary N) is 2. The molecule has 0 saturated heterocycles. The molecule has 1 atom stereocenters. The Morgan fingerprint density at radius 2 is 1.92 bits per heavy atom. The lowest BCUT2D eigenvalue weighted by molar-refractivity contribution is 0.475. The van der Waals surface area contributed by atoms with Crippen LogP contribution in [0.25, 0.3) is 11.0 Å². The van der Waals surface area contributed by atoms with Crippen molar-refractivity contribution in [2.75, 3.05) is 6.54 Å². The number of guanidine groups is 1. The monoisotopic (exact) mass is 337 g/mol. The van der Waals surface area contributed by atoms with Crippen LogP contribution in [0.1, 0.15) is 31.2 Å². The number of fused-ring (bicyclic) bond motifs is 1. The highest BCUT2D eigenvalue weighted by Crippen LogP contribution is 2.23. The molecule has 0 aliphatic carbocycles. The van der Waals surface area contributed by atoms with Crippen molar-refractivity contribution in [3.63, 3.8) is 0 Å². The van der Waals surface area contributed by atoms with Crippen molar-refractivity contribution in [1.29, 1.82) is 0 Å². The number of hydrogen-bond acceptors (Lipinski definition) is 3. The minimum Gasteiger partial charge on any atom is -0.508 e. The van der Waals surface area contributed by atoms with Crippen molar-refractivity contribution in [1.82, 2.24) is 10.6 Å². The van der Waals surface area contributed by atoms with E-state index in [0.717, 1.165) is 34.8 Å². The summed E-state index contributed by atoms with van der Waals surface area (Å²) in [5.41, 5.74) is 1.92. The molecule has 0 aliphatic heterocycles. The molecule has 5 nitrogen and oxygen atoms in total. The summed E-state index contributed by atoms with van der Waals surface area (Å²) in [7, 11) is 0. The van der Waals surface area contributed by atoms with Crippen molar-refractivity contribution in [2.24, 2.45) is 4.99 Å². The smallest absolute Gasteiger partial charge is 0.192 e. The SMILES string of the molecule is CCNC(=NCc1ccc(O)cc1)NC(C)c1cc2ccccc2o1. The Kier molecular flexibility index (Phi) is 5.23. The molecule has 1 unspecified atom stereocenters. The van der Waals surface area contributed by atoms with Crippen molar-refractivity contribution in [3.05, 3.63) is 65.9 Å². The van der Waals surface area contributed by atoms with E-state index >= 15 is 0 Å². The fraction of sp³-hybridized carbons (Fsp3) is 0.250. The number of nitrogens with zero attached hydrogens (tertiary/aromatic N) is 1. The summed E-state index contributed by atoms with van der Waals surface area (Å²) in [4.78, 5) is 4.60. The molecule has 3 aromatic rings. The maximum Gasteiger partial charge on any atom is 0.192 e. The zero-order valence-electron chi connectivity index (χ0n) is 14.5. The average Bonchev–Trinajstić information content (AvgIpc) is 3.05. The Balaban J connectivity index is 1.71. The molecular weight excluding hydrogens is 314 g/mol. The van der Waals surface area contributed by atoms with Crippen molar-refractivity contribution < 1.29 is 9.52 Å². The van der Waals surface area contributed by atoms with E-state index in [-0.39, 0.29) is 11.8 Å². The lowest BCUT2D eigenvalue weighted by Gasteiger charge is -2.16. The normalized spacial score (nSPS) is 13.0. The number of benzene rings is 2. The van der Waals surface area contributed by atoms with Crippen LogP contribution in [-0.2, 0) is 6.54 Å². The van der Waals surface area contributed by atoms with E-state index in [9.17, 15) is 5.11 Å². The molecule has 1 aromatic heterocycles. The highest BCUT2D eigenvalue weighted by atomic mass is 16.3. The van der Waals surface area contributed by atoms with Gasteiger partial charge in [-0.1, -0.05) is 30.3 Å². The molecule has 1 heterocycles. The van der Waals surface area contributed by atoms with Gasteiger partial charge in [0.25, 0.3) is 0 Å². The lowest BCUT2D eigenvalue weighted by atomic mass is 10.2. The third-order valence-electron chi connectivity index (χ3n) is 3.92. The van der Waals surface area contributed by atoms with Crippen LogP contribution in [0.3, 0.4) is 0 Å². The Morgan fingerprint density at radius 1 is 1.16 bits per heavy atom. The van der Waals surface area contributed by atoms with Crippen molar-refractivity contribution in [2.45, 2.75) is 26.4 Å². The quantitative estimate of drug-likeness (QED) is 0.487. The number of aliphatic imine (C=N–C) groups is 1. The zero-order chi connectivity index (χ0) is 17.6. The summed E-state index contributed by atoms with van der Waals surface area (Å²) in [6, 6.07) is 17.1. The predicted molar refractivity (Wildman–Crippen MR) is 101 cm³/mol. The second kappa shape index (κ2) is 7.75. The molecule has 0 aliphatic rings. The summed E-state index contributed by atoms with van der Waals surface area (Å²) >= 11 is 0. The molecule has 0 saturated carbocycles. The summed E-state index contributed by atoms with van der Waals surface area (Å²) in [5.74, 6) is 1.86. The highest BCUT2D eigenvalue weighted by Gasteiger charge is 2.12. The van der Waals surface area contributed by atoms with E-state index in [4.69, 9.17) is 4.42 Å². The Morgan fingerprint density at radius 3 is 2.64 bits per heavy atom. The van der Waals surface area contributed by atoms with Gasteiger partial charge in [-0.3, -0.25) is 0 Å². The van der Waals surface area contributed by atoms with Gasteiger partial charge in [-0.2, -0.15) is 0 Å². The second-order valence-corrected chi connectivity index (χ2v) is 5.91. The number of rotatable bonds is 5. The number of phenolic OH excluding ortho intramolecular Hbond substituents is 1. The standard InChI is InChI=1S/C20H23N3O2/c1-3-21-20(22-13-15-8-10-17(24)11-9-15)23-14(2)19-12-16-6-4-5-7-18(16)25-19/h4-12,14,24H,3,13H2,1-2H3,(H2,21,22,23). The largest absolute Gasteiger partial charge is 0.508 e. The van der Waals surface area contributed by atoms with E-state index < -0.39 is 0 Å². The van der Waals surface area contributed by atoms with Gasteiger partial charge in [0.15, 0.2) is 5.96 Å². The van der Waals surface area contributed by atoms with Crippen LogP contribution in [-0.4, -0.2) is 17.6 Å². The van der Waals surface area contributed by atoms with Gasteiger partial charge in [-0.15, -0.1) is 0 Å². The number of para-hydroxylation sites is 1. The van der Waals surface area contributed by atoms with Crippen LogP contribution < -0.4 is 10.6 Å². The van der Waals surface area contributed by atoms with Crippen LogP contribution in [0.4, 0.5) is 0 Å². The fourth-order valence-electron chi connectivity index (χ4n) is 2.58. The van der Waals surface area contributed by atoms with Crippen LogP contribution >= 0.6 is 0 Å². The van der Waals surface area contributed by atoms with Crippen LogP contribution in [0.15, 0.2) is 64.0 Å². The first-order chi connectivity index (χ1) is 12.2. The van der Waals surface area contributed by atoms with E-state index in [2.05, 4.69) is 21.7 Å². The van der Waals surface area contributed by atoms with E-state index in [1.807, 2.05) is 50.2 Å². The van der Waals surface area contributed by atoms with Gasteiger partial charge in [-0.25, -0.2) is 4.99 Å². The molecule has 3 N–H and O–H groups in total. The molecule has 3 rings (SSSR count). The topological polar surface area (TPSA) is 69.8 Å². The minimum atomic E-state index is -0.00924. The first kappa shape index (κ1) is 16.9. The highest BCUT2D eigenvalue weighted by molar-refractivity contribution is 5.81. The van der Waals surface area contributed by atoms with Crippen LogP contribution in [0.2, 0.25) is 0 Å². The number of phenols is 1. The molecular formula is C20H23N3O2. The average molecular weight is 337 g/mol. The maximum absolute atomic E-state index is 9.35. The summed E-state index contributed by atoms with van der Waals surface area (Å²) < 4.78 is 5.91. The summed E-state index contributed by atoms with van der Waals surface area (Å²) in [6.45, 7) is 5.38. The minimum absolute atomic E-state index is 0.00924. The van der Waals surface area contributed by atoms with Gasteiger partial charge in [0.1, 0.15) is 17.1 Å². The van der Waals surface area contributed by atoms with Crippen LogP contribution in [0.5, 0.6) is 5.75 Å². The third-order valence-corrected chi connectivity index (χ3v) is 3.92. The molecule has 0 bridgehead atoms. The Hall–Kier alpha value is -2.95. The maximum atomic E-state index is 9.35. The number of hydrogen-bond donors (Lipinski definition) is 3. The number of aromatic hydroxyl groups is 1. The molecule has 0 radical (unpaired) electrons. The van der Waals surface area contributed by atoms with Gasteiger partial charge in [0.05, 0.1) is 12.6 Å². The first-order valence-electron chi connectivity index (χ1n) is 8.47. The van der Waals surface area contributed by atoms with Crippen molar-refractivity contribution >= 4 is 16.9 Å². The summed E-state index contributed by atoms with van der Waals surface area (Å²) in [5, 5.41) is 17.1. The van der Waals surface area contributed by atoms with Gasteiger partial charge in [0.2, 0.25) is 0 Å². The molecule has 130 valence electrons. The zero-order valence-corrected chi connectivity index (χ0v) is 14.5. The first-order valence-corrected chi connectivity index (χ1v) is 8.47. The predicted octanol–water partition coefficient (Wildman–Crippen LogP) is 3.95. The Bertz CT molecular complexity index is 820. The second-order valence-electron chi connectivity index (χ2n) is 5.91. The van der Waals surface area contributed by atoms with Gasteiger partial charge >= 0.3 is 0 Å². The molecule has 5 heteroatoms. The molecule has 0 fully saturated rings. The third kappa shape index (κ3) is 4.32. The van der Waals surface area contributed by atoms with E-state index in [0.29, 0.717) is 6.54 Å². The van der Waals surface area contributed by atoms with E-state index in [1.165, 1.54) is 0 Å². The molecule has 2 aromatic carbocycles. The Labute approximate surface area is 147 Å². The lowest BCUT2D eigenvalue weighted by Crippen LogP contribution is -2.38. The molecule has 0 spiro atoms. The van der Waals surface area contributed by atoms with Gasteiger partial charge in [0, 0.05) is 11.9 Å². The van der Waals surface area contributed by atoms with Crippen molar-refractivity contribution in [3.8, 4) is 5.75 Å². The fourth-order valence-corrected chi connectivity index (χ4v) is 2.58. The number of furan rings is 1. The summed E-state index contributed by atoms with van der Waals surface area (Å²) in [6.07, 6.45) is 0. The van der Waals surface area contributed by atoms with Gasteiger partial charge < -0.3 is 20.2 Å².